The molecule has 1 radical (unpaired) electrons. The summed E-state index contributed by atoms with van der Waals surface area (Å²) in [6.07, 6.45) is 5.86. The van der Waals surface area contributed by atoms with Crippen molar-refractivity contribution in [3.8, 4) is 0 Å². The largest absolute Gasteiger partial charge is 0.480 e. The van der Waals surface area contributed by atoms with E-state index in [1.165, 1.54) is 0 Å². The Balaban J connectivity index is 2.38. The molecule has 0 aromatic heterocycles. The highest BCUT2D eigenvalue weighted by atomic mass is 16.4. The average molecular weight is 224 g/mol. The maximum atomic E-state index is 11.5. The summed E-state index contributed by atoms with van der Waals surface area (Å²) in [6.45, 7) is 8.64. The fraction of sp³-hybridized carbons (Fsp3) is 0.846. The quantitative estimate of drug-likeness (QED) is 0.783. The van der Waals surface area contributed by atoms with E-state index >= 15 is 0 Å². The van der Waals surface area contributed by atoms with Gasteiger partial charge in [-0.2, -0.15) is 0 Å². The highest BCUT2D eigenvalue weighted by Gasteiger charge is 2.63. The molecule has 16 heavy (non-hydrogen) atoms. The summed E-state index contributed by atoms with van der Waals surface area (Å²) in [6, 6.07) is 0. The van der Waals surface area contributed by atoms with Gasteiger partial charge in [-0.25, -0.2) is 0 Å². The SMILES string of the molecule is CC1(C)C[CH]CC(C)(C)N1C1(C(=O)O)CC1. The topological polar surface area (TPSA) is 40.5 Å². The van der Waals surface area contributed by atoms with Crippen LogP contribution in [0.4, 0.5) is 0 Å². The smallest absolute Gasteiger partial charge is 0.324 e. The predicted molar refractivity (Wildman–Crippen MR) is 63.1 cm³/mol. The van der Waals surface area contributed by atoms with Gasteiger partial charge in [0, 0.05) is 11.1 Å². The lowest BCUT2D eigenvalue weighted by Gasteiger charge is -2.55. The molecule has 1 saturated carbocycles. The molecule has 0 bridgehead atoms. The molecule has 2 rings (SSSR count). The van der Waals surface area contributed by atoms with E-state index in [2.05, 4.69) is 39.0 Å². The molecule has 2 aliphatic rings. The molecule has 0 amide bonds. The first-order valence-corrected chi connectivity index (χ1v) is 6.08. The van der Waals surface area contributed by atoms with Gasteiger partial charge in [0.1, 0.15) is 5.54 Å². The molecule has 1 saturated heterocycles. The lowest BCUT2D eigenvalue weighted by atomic mass is 9.78. The maximum Gasteiger partial charge on any atom is 0.324 e. The number of carbonyl (C=O) groups is 1. The Hall–Kier alpha value is -0.570. The van der Waals surface area contributed by atoms with E-state index in [1.54, 1.807) is 0 Å². The fourth-order valence-electron chi connectivity index (χ4n) is 3.59. The van der Waals surface area contributed by atoms with Crippen LogP contribution < -0.4 is 0 Å². The van der Waals surface area contributed by atoms with E-state index in [0.717, 1.165) is 25.7 Å². The molecule has 0 spiro atoms. The van der Waals surface area contributed by atoms with Crippen molar-refractivity contribution in [2.24, 2.45) is 0 Å². The molecular formula is C13H22NO2. The molecule has 3 nitrogen and oxygen atoms in total. The molecule has 3 heteroatoms. The van der Waals surface area contributed by atoms with Crippen molar-refractivity contribution in [2.45, 2.75) is 70.0 Å². The minimum absolute atomic E-state index is 0.0450. The van der Waals surface area contributed by atoms with Gasteiger partial charge in [0.15, 0.2) is 0 Å². The Morgan fingerprint density at radius 1 is 1.12 bits per heavy atom. The van der Waals surface area contributed by atoms with Crippen molar-refractivity contribution >= 4 is 5.97 Å². The van der Waals surface area contributed by atoms with Gasteiger partial charge < -0.3 is 5.11 Å². The first-order valence-electron chi connectivity index (χ1n) is 6.08. The molecule has 1 aliphatic heterocycles. The molecule has 91 valence electrons. The summed E-state index contributed by atoms with van der Waals surface area (Å²) in [4.78, 5) is 13.8. The highest BCUT2D eigenvalue weighted by molar-refractivity contribution is 5.82. The van der Waals surface area contributed by atoms with E-state index in [9.17, 15) is 9.90 Å². The summed E-state index contributed by atoms with van der Waals surface area (Å²) in [5.74, 6) is -0.643. The van der Waals surface area contributed by atoms with Crippen LogP contribution >= 0.6 is 0 Å². The third kappa shape index (κ3) is 1.56. The summed E-state index contributed by atoms with van der Waals surface area (Å²) in [5.41, 5.74) is -0.672. The maximum absolute atomic E-state index is 11.5. The van der Waals surface area contributed by atoms with Crippen LogP contribution in [0.2, 0.25) is 0 Å². The summed E-state index contributed by atoms with van der Waals surface area (Å²) in [7, 11) is 0. The van der Waals surface area contributed by atoms with Crippen molar-refractivity contribution in [2.75, 3.05) is 0 Å². The van der Waals surface area contributed by atoms with Crippen LogP contribution in [-0.2, 0) is 4.79 Å². The second-order valence-corrected chi connectivity index (χ2v) is 6.49. The lowest BCUT2D eigenvalue weighted by molar-refractivity contribution is -0.156. The Morgan fingerprint density at radius 2 is 1.56 bits per heavy atom. The zero-order chi connectivity index (χ0) is 12.2. The number of aliphatic carboxylic acids is 1. The summed E-state index contributed by atoms with van der Waals surface area (Å²) >= 11 is 0. The zero-order valence-corrected chi connectivity index (χ0v) is 10.7. The summed E-state index contributed by atoms with van der Waals surface area (Å²) < 4.78 is 0. The second kappa shape index (κ2) is 3.22. The number of hydrogen-bond acceptors (Lipinski definition) is 2. The Kier molecular flexibility index (Phi) is 2.40. The number of rotatable bonds is 2. The van der Waals surface area contributed by atoms with Crippen molar-refractivity contribution in [3.05, 3.63) is 6.42 Å². The summed E-state index contributed by atoms with van der Waals surface area (Å²) in [5, 5.41) is 9.47. The first-order chi connectivity index (χ1) is 7.22. The standard InChI is InChI=1S/C13H22NO2/c1-11(2)6-5-7-12(3,4)14(11)13(8-9-13)10(15)16/h5H,6-9H2,1-4H3,(H,15,16). The molecule has 0 unspecified atom stereocenters. The average Bonchev–Trinajstić information content (AvgIpc) is 2.81. The van der Waals surface area contributed by atoms with Crippen LogP contribution in [0, 0.1) is 6.42 Å². The van der Waals surface area contributed by atoms with Gasteiger partial charge in [0.05, 0.1) is 0 Å². The highest BCUT2D eigenvalue weighted by Crippen LogP contribution is 2.53. The van der Waals surface area contributed by atoms with Crippen LogP contribution in [-0.4, -0.2) is 32.6 Å². The van der Waals surface area contributed by atoms with Gasteiger partial charge in [-0.15, -0.1) is 0 Å². The number of hydrogen-bond donors (Lipinski definition) is 1. The van der Waals surface area contributed by atoms with E-state index < -0.39 is 11.5 Å². The number of nitrogens with zero attached hydrogens (tertiary/aromatic N) is 1. The first kappa shape index (κ1) is 11.9. The molecule has 0 atom stereocenters. The molecule has 1 N–H and O–H groups in total. The van der Waals surface area contributed by atoms with Gasteiger partial charge >= 0.3 is 5.97 Å². The van der Waals surface area contributed by atoms with Crippen molar-refractivity contribution in [1.29, 1.82) is 0 Å². The molecule has 2 fully saturated rings. The predicted octanol–water partition coefficient (Wildman–Crippen LogP) is 2.46. The third-order valence-corrected chi connectivity index (χ3v) is 4.05. The van der Waals surface area contributed by atoms with Crippen molar-refractivity contribution in [1.82, 2.24) is 4.90 Å². The van der Waals surface area contributed by atoms with E-state index in [1.807, 2.05) is 0 Å². The minimum atomic E-state index is -0.643. The van der Waals surface area contributed by atoms with E-state index in [0.29, 0.717) is 0 Å². The lowest BCUT2D eigenvalue weighted by Crippen LogP contribution is -2.65. The van der Waals surface area contributed by atoms with Crippen LogP contribution in [0.25, 0.3) is 0 Å². The Morgan fingerprint density at radius 3 is 1.88 bits per heavy atom. The number of carboxylic acid groups (broad SMARTS) is 1. The van der Waals surface area contributed by atoms with Crippen LogP contribution in [0.3, 0.4) is 0 Å². The Labute approximate surface area is 97.8 Å². The van der Waals surface area contributed by atoms with Crippen LogP contribution in [0.5, 0.6) is 0 Å². The minimum Gasteiger partial charge on any atom is -0.480 e. The normalized spacial score (nSPS) is 31.0. The third-order valence-electron chi connectivity index (χ3n) is 4.05. The van der Waals surface area contributed by atoms with E-state index in [4.69, 9.17) is 0 Å². The number of likely N-dealkylation sites (tertiary alicyclic amines) is 1. The van der Waals surface area contributed by atoms with Gasteiger partial charge in [0.25, 0.3) is 0 Å². The van der Waals surface area contributed by atoms with E-state index in [-0.39, 0.29) is 11.1 Å². The molecule has 1 aliphatic carbocycles. The van der Waals surface area contributed by atoms with Gasteiger partial charge in [-0.05, 0) is 59.8 Å². The number of piperidine rings is 1. The fourth-order valence-corrected chi connectivity index (χ4v) is 3.59. The van der Waals surface area contributed by atoms with Crippen LogP contribution in [0.1, 0.15) is 53.4 Å². The van der Waals surface area contributed by atoms with Crippen molar-refractivity contribution in [3.63, 3.8) is 0 Å². The second-order valence-electron chi connectivity index (χ2n) is 6.49. The Bertz CT molecular complexity index is 300. The molecular weight excluding hydrogens is 202 g/mol. The monoisotopic (exact) mass is 224 g/mol. The molecule has 0 aromatic carbocycles. The van der Waals surface area contributed by atoms with Gasteiger partial charge in [-0.3, -0.25) is 9.69 Å². The number of carboxylic acids is 1. The van der Waals surface area contributed by atoms with Gasteiger partial charge in [0.2, 0.25) is 0 Å². The molecule has 0 aromatic rings. The van der Waals surface area contributed by atoms with Crippen LogP contribution in [0.15, 0.2) is 0 Å². The van der Waals surface area contributed by atoms with Gasteiger partial charge in [-0.1, -0.05) is 0 Å². The zero-order valence-electron chi connectivity index (χ0n) is 10.7. The van der Waals surface area contributed by atoms with Crippen molar-refractivity contribution < 1.29 is 9.90 Å². The molecule has 1 heterocycles.